The summed E-state index contributed by atoms with van der Waals surface area (Å²) in [5.41, 5.74) is 0. The molecule has 3 rings (SSSR count). The highest BCUT2D eigenvalue weighted by atomic mass is 32.1. The van der Waals surface area contributed by atoms with Crippen LogP contribution in [0.1, 0.15) is 69.2 Å². The van der Waals surface area contributed by atoms with E-state index in [1.165, 1.54) is 0 Å². The average molecular weight is 964 g/mol. The van der Waals surface area contributed by atoms with Gasteiger partial charge in [0.25, 0.3) is 0 Å². The molecular weight excluding hydrogens is 910 g/mol. The summed E-state index contributed by atoms with van der Waals surface area (Å²) in [6.45, 7) is 8.37. The van der Waals surface area contributed by atoms with Crippen molar-refractivity contribution in [1.82, 2.24) is 10.6 Å². The molecule has 2 amide bonds. The smallest absolute Gasteiger partial charge is 0.303 e. The first-order valence-corrected chi connectivity index (χ1v) is 20.5. The first-order chi connectivity index (χ1) is 30.9. The Morgan fingerprint density at radius 2 is 0.788 bits per heavy atom. The van der Waals surface area contributed by atoms with Gasteiger partial charge in [0.1, 0.15) is 62.4 Å². The Morgan fingerprint density at radius 1 is 0.439 bits per heavy atom. The zero-order valence-corrected chi connectivity index (χ0v) is 38.3. The number of isothiocyanates is 1. The Morgan fingerprint density at radius 3 is 1.21 bits per heavy atom. The molecule has 0 radical (unpaired) electrons. The molecule has 0 bridgehead atoms. The molecule has 3 aliphatic heterocycles. The van der Waals surface area contributed by atoms with Crippen molar-refractivity contribution in [1.29, 1.82) is 0 Å². The summed E-state index contributed by atoms with van der Waals surface area (Å²) in [5.74, 6) is -8.72. The highest BCUT2D eigenvalue weighted by Crippen LogP contribution is 2.37. The van der Waals surface area contributed by atoms with Crippen LogP contribution in [0.3, 0.4) is 0 Å². The van der Waals surface area contributed by atoms with Gasteiger partial charge in [-0.25, -0.2) is 0 Å². The van der Waals surface area contributed by atoms with E-state index in [9.17, 15) is 47.9 Å². The SMILES string of the molecule is CC(=O)NC1C(OC(C)=O)[C@H](O[C@@H]2OC(COC(C)=O)[C@@H](OC(C)=O)C(OC(C)=O)C2OC(C)=O)C(COC(C)=O)O[C@H]1O[C@@H]1C(COC(C)=O)O[C@@H](N=C=S)C(NC(C)=O)C1OC(C)=O. The fourth-order valence-corrected chi connectivity index (χ4v) is 7.25. The van der Waals surface area contributed by atoms with Crippen molar-refractivity contribution in [2.24, 2.45) is 4.99 Å². The summed E-state index contributed by atoms with van der Waals surface area (Å²) < 4.78 is 75.1. The van der Waals surface area contributed by atoms with Crippen LogP contribution in [-0.4, -0.2) is 176 Å². The van der Waals surface area contributed by atoms with Gasteiger partial charge < -0.3 is 72.2 Å². The van der Waals surface area contributed by atoms with Gasteiger partial charge in [-0.1, -0.05) is 0 Å². The second-order valence-corrected chi connectivity index (χ2v) is 15.0. The predicted octanol–water partition coefficient (Wildman–Crippen LogP) is -1.61. The van der Waals surface area contributed by atoms with Crippen LogP contribution in [0.15, 0.2) is 4.99 Å². The van der Waals surface area contributed by atoms with E-state index in [1.807, 2.05) is 0 Å². The fraction of sp³-hybridized carbons (Fsp3) is 0.718. The number of thiocarbonyl (C=S) groups is 1. The van der Waals surface area contributed by atoms with E-state index in [-0.39, 0.29) is 0 Å². The largest absolute Gasteiger partial charge is 0.463 e. The lowest BCUT2D eigenvalue weighted by molar-refractivity contribution is -0.359. The summed E-state index contributed by atoms with van der Waals surface area (Å²) in [5, 5.41) is 7.25. The molecular formula is C39H53N3O23S. The van der Waals surface area contributed by atoms with Crippen molar-refractivity contribution in [3.8, 4) is 0 Å². The third kappa shape index (κ3) is 16.3. The molecule has 0 aromatic rings. The Labute approximate surface area is 382 Å². The van der Waals surface area contributed by atoms with Gasteiger partial charge in [0.15, 0.2) is 49.3 Å². The zero-order chi connectivity index (χ0) is 49.6. The number of carbonyl (C=O) groups excluding carboxylic acids is 10. The Balaban J connectivity index is 2.30. The monoisotopic (exact) mass is 963 g/mol. The van der Waals surface area contributed by atoms with E-state index in [2.05, 4.69) is 20.8 Å². The maximum atomic E-state index is 13.0. The van der Waals surface area contributed by atoms with Crippen molar-refractivity contribution < 1.29 is 110 Å². The average Bonchev–Trinajstić information content (AvgIpc) is 3.17. The van der Waals surface area contributed by atoms with Crippen LogP contribution >= 0.6 is 12.2 Å². The minimum absolute atomic E-state index is 0.607. The van der Waals surface area contributed by atoms with E-state index in [0.29, 0.717) is 0 Å². The third-order valence-corrected chi connectivity index (χ3v) is 9.37. The van der Waals surface area contributed by atoms with Gasteiger partial charge in [-0.3, -0.25) is 47.9 Å². The van der Waals surface area contributed by atoms with E-state index in [4.69, 9.17) is 73.8 Å². The van der Waals surface area contributed by atoms with Crippen LogP contribution in [0, 0.1) is 0 Å². The number of nitrogens with one attached hydrogen (secondary N) is 2. The van der Waals surface area contributed by atoms with E-state index in [0.717, 1.165) is 69.2 Å². The van der Waals surface area contributed by atoms with Gasteiger partial charge in [-0.15, -0.1) is 0 Å². The summed E-state index contributed by atoms with van der Waals surface area (Å²) in [6, 6.07) is -3.05. The Kier molecular flexibility index (Phi) is 20.9. The topological polar surface area (TPSA) is 327 Å². The van der Waals surface area contributed by atoms with Crippen LogP contribution in [0.5, 0.6) is 0 Å². The van der Waals surface area contributed by atoms with Gasteiger partial charge in [0, 0.05) is 69.2 Å². The van der Waals surface area contributed by atoms with Crippen LogP contribution in [0.2, 0.25) is 0 Å². The molecule has 3 aliphatic rings. The predicted molar refractivity (Wildman–Crippen MR) is 214 cm³/mol. The Bertz CT molecular complexity index is 1880. The third-order valence-electron chi connectivity index (χ3n) is 9.27. The molecule has 0 spiro atoms. The van der Waals surface area contributed by atoms with Crippen LogP contribution < -0.4 is 10.6 Å². The molecule has 27 heteroatoms. The number of hydrogen-bond acceptors (Lipinski definition) is 25. The van der Waals surface area contributed by atoms with Crippen molar-refractivity contribution in [3.63, 3.8) is 0 Å². The molecule has 9 unspecified atom stereocenters. The molecule has 0 aromatic carbocycles. The van der Waals surface area contributed by atoms with E-state index < -0.39 is 171 Å². The molecule has 3 heterocycles. The Hall–Kier alpha value is -5.70. The van der Waals surface area contributed by atoms with Gasteiger partial charge in [0.05, 0.1) is 5.16 Å². The summed E-state index contributed by atoms with van der Waals surface area (Å²) in [7, 11) is 0. The minimum Gasteiger partial charge on any atom is -0.463 e. The van der Waals surface area contributed by atoms with Gasteiger partial charge >= 0.3 is 47.8 Å². The quantitative estimate of drug-likeness (QED) is 0.0675. The number of nitrogens with zero attached hydrogens (tertiary/aromatic N) is 1. The second-order valence-electron chi connectivity index (χ2n) is 14.8. The second kappa shape index (κ2) is 25.3. The van der Waals surface area contributed by atoms with Gasteiger partial charge in [-0.2, -0.15) is 4.99 Å². The molecule has 3 fully saturated rings. The first kappa shape index (κ1) is 54.6. The molecule has 368 valence electrons. The van der Waals surface area contributed by atoms with Crippen LogP contribution in [-0.2, 0) is 110 Å². The molecule has 0 saturated carbocycles. The molecule has 26 nitrogen and oxygen atoms in total. The fourth-order valence-electron chi connectivity index (χ4n) is 7.15. The van der Waals surface area contributed by atoms with Gasteiger partial charge in [0.2, 0.25) is 11.8 Å². The standard InChI is InChI=1S/C39H53N3O23S/c1-15(43)41-28-33(57-21(7)49)30(25(11-53-17(3)45)61-37(28)40-14-66)64-38-29(42-16(2)44)34(58-22(8)50)31(26(62-38)12-54-18(4)46)65-39-36(60-24(10)52)35(59-23(9)51)32(56-20(6)48)27(63-39)13-55-19(5)47/h25-39H,11-13H2,1-10H3,(H,41,43)(H,42,44)/t25?,26?,27?,28?,29?,30-,31-,32-,33?,34?,35?,36?,37-,38+,39+/m1/s1. The lowest BCUT2D eigenvalue weighted by Crippen LogP contribution is -2.71. The van der Waals surface area contributed by atoms with Crippen molar-refractivity contribution in [3.05, 3.63) is 0 Å². The number of carbonyl (C=O) groups is 10. The molecule has 2 N–H and O–H groups in total. The molecule has 3 saturated heterocycles. The summed E-state index contributed by atoms with van der Waals surface area (Å²) in [4.78, 5) is 129. The highest BCUT2D eigenvalue weighted by Gasteiger charge is 2.59. The lowest BCUT2D eigenvalue weighted by Gasteiger charge is -2.50. The van der Waals surface area contributed by atoms with E-state index in [1.54, 1.807) is 0 Å². The van der Waals surface area contributed by atoms with Crippen LogP contribution in [0.4, 0.5) is 0 Å². The maximum absolute atomic E-state index is 13.0. The number of ether oxygens (including phenoxy) is 13. The lowest BCUT2D eigenvalue weighted by atomic mass is 9.93. The maximum Gasteiger partial charge on any atom is 0.303 e. The van der Waals surface area contributed by atoms with Crippen molar-refractivity contribution >= 4 is 76.9 Å². The molecule has 0 aliphatic carbocycles. The van der Waals surface area contributed by atoms with Gasteiger partial charge in [-0.05, 0) is 12.2 Å². The molecule has 15 atom stereocenters. The number of aliphatic imine (C=N–C) groups is 1. The summed E-state index contributed by atoms with van der Waals surface area (Å²) in [6.07, 6.45) is -21.8. The summed E-state index contributed by atoms with van der Waals surface area (Å²) >= 11 is 4.79. The van der Waals surface area contributed by atoms with Crippen molar-refractivity contribution in [2.75, 3.05) is 19.8 Å². The highest BCUT2D eigenvalue weighted by molar-refractivity contribution is 7.78. The van der Waals surface area contributed by atoms with Crippen molar-refractivity contribution in [2.45, 2.75) is 161 Å². The molecule has 66 heavy (non-hydrogen) atoms. The number of hydrogen-bond donors (Lipinski definition) is 2. The normalized spacial score (nSPS) is 31.5. The number of amides is 2. The van der Waals surface area contributed by atoms with Crippen LogP contribution in [0.25, 0.3) is 0 Å². The first-order valence-electron chi connectivity index (χ1n) is 20.1. The number of esters is 8. The van der Waals surface area contributed by atoms with E-state index >= 15 is 0 Å². The minimum atomic E-state index is -1.95. The molecule has 0 aromatic heterocycles. The number of rotatable bonds is 18. The zero-order valence-electron chi connectivity index (χ0n) is 37.5.